The van der Waals surface area contributed by atoms with Crippen LogP contribution in [0.3, 0.4) is 0 Å². The van der Waals surface area contributed by atoms with Gasteiger partial charge in [0.05, 0.1) is 50.8 Å². The van der Waals surface area contributed by atoms with Crippen molar-refractivity contribution in [3.05, 3.63) is 76.6 Å². The van der Waals surface area contributed by atoms with E-state index in [-0.39, 0.29) is 11.9 Å². The van der Waals surface area contributed by atoms with Crippen LogP contribution in [0.2, 0.25) is 0 Å². The summed E-state index contributed by atoms with van der Waals surface area (Å²) in [5.41, 5.74) is 4.43. The molecule has 1 aliphatic heterocycles. The Morgan fingerprint density at radius 3 is 2.56 bits per heavy atom. The number of hydrogen-bond donors (Lipinski definition) is 1. The van der Waals surface area contributed by atoms with E-state index in [9.17, 15) is 4.79 Å². The molecule has 1 N–H and O–H groups in total. The maximum Gasteiger partial charge on any atom is 0.255 e. The van der Waals surface area contributed by atoms with Crippen molar-refractivity contribution >= 4 is 5.91 Å². The molecule has 0 radical (unpaired) electrons. The third-order valence-corrected chi connectivity index (χ3v) is 6.60. The van der Waals surface area contributed by atoms with Gasteiger partial charge in [-0.05, 0) is 44.0 Å². The van der Waals surface area contributed by atoms with Gasteiger partial charge in [0, 0.05) is 25.3 Å². The summed E-state index contributed by atoms with van der Waals surface area (Å²) >= 11 is 0. The minimum Gasteiger partial charge on any atom is -0.493 e. The fourth-order valence-electron chi connectivity index (χ4n) is 4.73. The number of amides is 1. The summed E-state index contributed by atoms with van der Waals surface area (Å²) in [5, 5.41) is 7.83. The number of hydrogen-bond acceptors (Lipinski definition) is 6. The van der Waals surface area contributed by atoms with Crippen LogP contribution < -0.4 is 14.8 Å². The third-order valence-electron chi connectivity index (χ3n) is 6.60. The van der Waals surface area contributed by atoms with Gasteiger partial charge in [-0.1, -0.05) is 36.4 Å². The van der Waals surface area contributed by atoms with Crippen molar-refractivity contribution in [3.8, 4) is 11.5 Å². The molecule has 0 spiro atoms. The first-order valence-electron chi connectivity index (χ1n) is 12.5. The van der Waals surface area contributed by atoms with Gasteiger partial charge in [0.2, 0.25) is 0 Å². The topological polar surface area (TPSA) is 77.9 Å². The Bertz CT molecular complexity index is 1160. The fraction of sp³-hybridized carbons (Fsp3) is 0.429. The standard InChI is InChI=1S/C28H36N4O4/c1-5-36-25-12-11-23(17-26(25)34-4)24(31-13-15-35-16-14-31)18-29-28(33)27-20(2)30-32(21(27)3)19-22-9-7-6-8-10-22/h6-12,17,24H,5,13-16,18-19H2,1-4H3,(H,29,33). The zero-order valence-corrected chi connectivity index (χ0v) is 21.6. The lowest BCUT2D eigenvalue weighted by Gasteiger charge is -2.35. The molecule has 0 saturated carbocycles. The SMILES string of the molecule is CCOc1ccc(C(CNC(=O)c2c(C)nn(Cc3ccccc3)c2C)N2CCOCC2)cc1OC. The lowest BCUT2D eigenvalue weighted by atomic mass is 10.0. The van der Waals surface area contributed by atoms with Crippen LogP contribution in [-0.4, -0.2) is 67.2 Å². The smallest absolute Gasteiger partial charge is 0.255 e. The van der Waals surface area contributed by atoms with E-state index in [0.29, 0.717) is 50.0 Å². The molecule has 1 saturated heterocycles. The Balaban J connectivity index is 1.53. The molecule has 1 amide bonds. The number of benzene rings is 2. The highest BCUT2D eigenvalue weighted by atomic mass is 16.5. The van der Waals surface area contributed by atoms with Gasteiger partial charge in [-0.3, -0.25) is 14.4 Å². The zero-order valence-electron chi connectivity index (χ0n) is 21.6. The summed E-state index contributed by atoms with van der Waals surface area (Å²) in [6.07, 6.45) is 0. The fourth-order valence-corrected chi connectivity index (χ4v) is 4.73. The van der Waals surface area contributed by atoms with Crippen molar-refractivity contribution in [1.82, 2.24) is 20.0 Å². The predicted molar refractivity (Wildman–Crippen MR) is 139 cm³/mol. The van der Waals surface area contributed by atoms with E-state index in [0.717, 1.165) is 35.6 Å². The molecule has 192 valence electrons. The van der Waals surface area contributed by atoms with Crippen LogP contribution in [0, 0.1) is 13.8 Å². The minimum atomic E-state index is -0.111. The average molecular weight is 493 g/mol. The van der Waals surface area contributed by atoms with Crippen molar-refractivity contribution in [3.63, 3.8) is 0 Å². The number of nitrogens with one attached hydrogen (secondary N) is 1. The summed E-state index contributed by atoms with van der Waals surface area (Å²) in [6.45, 7) is 10.4. The van der Waals surface area contributed by atoms with Gasteiger partial charge in [0.1, 0.15) is 0 Å². The van der Waals surface area contributed by atoms with E-state index in [1.807, 2.05) is 61.9 Å². The molecular weight excluding hydrogens is 456 g/mol. The molecule has 36 heavy (non-hydrogen) atoms. The lowest BCUT2D eigenvalue weighted by Crippen LogP contribution is -2.44. The van der Waals surface area contributed by atoms with Gasteiger partial charge in [-0.15, -0.1) is 0 Å². The zero-order chi connectivity index (χ0) is 25.5. The first-order chi connectivity index (χ1) is 17.5. The Morgan fingerprint density at radius 2 is 1.86 bits per heavy atom. The van der Waals surface area contributed by atoms with Gasteiger partial charge in [0.15, 0.2) is 11.5 Å². The van der Waals surface area contributed by atoms with E-state index >= 15 is 0 Å². The molecule has 1 aromatic heterocycles. The molecule has 1 atom stereocenters. The van der Waals surface area contributed by atoms with Crippen LogP contribution in [0.25, 0.3) is 0 Å². The molecule has 4 rings (SSSR count). The quantitative estimate of drug-likeness (QED) is 0.464. The Morgan fingerprint density at radius 1 is 1.11 bits per heavy atom. The number of morpholine rings is 1. The van der Waals surface area contributed by atoms with E-state index in [4.69, 9.17) is 14.2 Å². The number of carbonyl (C=O) groups is 1. The number of rotatable bonds is 10. The van der Waals surface area contributed by atoms with Crippen LogP contribution >= 0.6 is 0 Å². The molecule has 3 aromatic rings. The lowest BCUT2D eigenvalue weighted by molar-refractivity contribution is 0.0162. The number of nitrogens with zero attached hydrogens (tertiary/aromatic N) is 3. The summed E-state index contributed by atoms with van der Waals surface area (Å²) in [6, 6.07) is 16.1. The van der Waals surface area contributed by atoms with E-state index in [1.54, 1.807) is 7.11 Å². The molecule has 1 aliphatic rings. The third kappa shape index (κ3) is 5.88. The van der Waals surface area contributed by atoms with Crippen molar-refractivity contribution < 1.29 is 19.0 Å². The summed E-state index contributed by atoms with van der Waals surface area (Å²) < 4.78 is 18.8. The normalized spacial score (nSPS) is 14.9. The molecule has 0 aliphatic carbocycles. The van der Waals surface area contributed by atoms with Crippen LogP contribution in [0.5, 0.6) is 11.5 Å². The van der Waals surface area contributed by atoms with Crippen molar-refractivity contribution in [2.45, 2.75) is 33.4 Å². The van der Waals surface area contributed by atoms with Crippen LogP contribution in [0.4, 0.5) is 0 Å². The number of aryl methyl sites for hydroxylation is 1. The molecule has 2 heterocycles. The van der Waals surface area contributed by atoms with Gasteiger partial charge in [-0.2, -0.15) is 5.10 Å². The second kappa shape index (κ2) is 12.1. The molecule has 2 aromatic carbocycles. The van der Waals surface area contributed by atoms with Crippen LogP contribution in [0.1, 0.15) is 45.8 Å². The maximum absolute atomic E-state index is 13.4. The number of aromatic nitrogens is 2. The monoisotopic (exact) mass is 492 g/mol. The van der Waals surface area contributed by atoms with E-state index in [2.05, 4.69) is 27.4 Å². The highest BCUT2D eigenvalue weighted by Crippen LogP contribution is 2.32. The van der Waals surface area contributed by atoms with Gasteiger partial charge >= 0.3 is 0 Å². The van der Waals surface area contributed by atoms with Gasteiger partial charge in [0.25, 0.3) is 5.91 Å². The summed E-state index contributed by atoms with van der Waals surface area (Å²) in [4.78, 5) is 15.7. The molecule has 0 bridgehead atoms. The summed E-state index contributed by atoms with van der Waals surface area (Å²) in [7, 11) is 1.64. The Kier molecular flexibility index (Phi) is 8.61. The first kappa shape index (κ1) is 25.7. The van der Waals surface area contributed by atoms with Crippen LogP contribution in [-0.2, 0) is 11.3 Å². The number of ether oxygens (including phenoxy) is 3. The first-order valence-corrected chi connectivity index (χ1v) is 12.5. The van der Waals surface area contributed by atoms with E-state index in [1.165, 1.54) is 0 Å². The second-order valence-electron chi connectivity index (χ2n) is 8.91. The number of carbonyl (C=O) groups excluding carboxylic acids is 1. The molecular formula is C28H36N4O4. The van der Waals surface area contributed by atoms with Crippen molar-refractivity contribution in [2.24, 2.45) is 0 Å². The highest BCUT2D eigenvalue weighted by Gasteiger charge is 2.26. The molecule has 8 heteroatoms. The Labute approximate surface area is 213 Å². The van der Waals surface area contributed by atoms with E-state index < -0.39 is 0 Å². The van der Waals surface area contributed by atoms with Crippen molar-refractivity contribution in [1.29, 1.82) is 0 Å². The minimum absolute atomic E-state index is 0.0256. The predicted octanol–water partition coefficient (Wildman–Crippen LogP) is 3.76. The Hall–Kier alpha value is -3.36. The highest BCUT2D eigenvalue weighted by molar-refractivity contribution is 5.96. The average Bonchev–Trinajstić information content (AvgIpc) is 3.18. The molecule has 1 fully saturated rings. The molecule has 1 unspecified atom stereocenters. The van der Waals surface area contributed by atoms with Gasteiger partial charge < -0.3 is 19.5 Å². The van der Waals surface area contributed by atoms with Crippen molar-refractivity contribution in [2.75, 3.05) is 46.6 Å². The number of methoxy groups -OCH3 is 1. The maximum atomic E-state index is 13.4. The molecule has 8 nitrogen and oxygen atoms in total. The summed E-state index contributed by atoms with van der Waals surface area (Å²) in [5.74, 6) is 1.29. The largest absolute Gasteiger partial charge is 0.493 e. The second-order valence-corrected chi connectivity index (χ2v) is 8.91. The van der Waals surface area contributed by atoms with Gasteiger partial charge in [-0.25, -0.2) is 0 Å². The van der Waals surface area contributed by atoms with Crippen LogP contribution in [0.15, 0.2) is 48.5 Å².